The van der Waals surface area contributed by atoms with E-state index >= 15 is 0 Å². The number of carbonyl (C=O) groups excluding carboxylic acids is 1. The summed E-state index contributed by atoms with van der Waals surface area (Å²) in [5.74, 6) is 0.740. The Balaban J connectivity index is 1.83. The number of carbonyl (C=O) groups is 1. The minimum absolute atomic E-state index is 0.150. The van der Waals surface area contributed by atoms with Gasteiger partial charge in [-0.15, -0.1) is 0 Å². The molecule has 3 aromatic rings. The molecule has 4 rings (SSSR count). The first-order valence-electron chi connectivity index (χ1n) is 8.39. The molecule has 1 aromatic carbocycles. The molecule has 0 aliphatic carbocycles. The third-order valence-electron chi connectivity index (χ3n) is 4.75. The summed E-state index contributed by atoms with van der Waals surface area (Å²) in [6, 6.07) is 7.84. The van der Waals surface area contributed by atoms with Gasteiger partial charge in [0.2, 0.25) is 5.88 Å². The Morgan fingerprint density at radius 3 is 2.60 bits per heavy atom. The van der Waals surface area contributed by atoms with Gasteiger partial charge in [0.1, 0.15) is 17.9 Å². The van der Waals surface area contributed by atoms with Gasteiger partial charge in [-0.3, -0.25) is 9.69 Å². The summed E-state index contributed by atoms with van der Waals surface area (Å²) in [4.78, 5) is 19.3. The Morgan fingerprint density at radius 1 is 1.08 bits per heavy atom. The molecule has 2 aromatic heterocycles. The number of furan rings is 1. The maximum absolute atomic E-state index is 13.2. The van der Waals surface area contributed by atoms with Crippen LogP contribution in [0.25, 0.3) is 11.0 Å². The molecule has 0 saturated heterocycles. The van der Waals surface area contributed by atoms with Crippen molar-refractivity contribution in [1.82, 2.24) is 4.98 Å². The lowest BCUT2D eigenvalue weighted by Crippen LogP contribution is -2.38. The van der Waals surface area contributed by atoms with Crippen molar-refractivity contribution in [2.24, 2.45) is 0 Å². The number of rotatable bonds is 1. The Labute approximate surface area is 146 Å². The second-order valence-corrected chi connectivity index (χ2v) is 6.54. The van der Waals surface area contributed by atoms with Crippen LogP contribution in [-0.2, 0) is 0 Å². The predicted molar refractivity (Wildman–Crippen MR) is 96.6 cm³/mol. The average Bonchev–Trinajstić information content (AvgIpc) is 2.95. The molecule has 0 saturated carbocycles. The number of hydrogen-bond acceptors (Lipinski definition) is 4. The summed E-state index contributed by atoms with van der Waals surface area (Å²) in [6.07, 6.45) is 0. The number of pyridine rings is 1. The van der Waals surface area contributed by atoms with Gasteiger partial charge < -0.3 is 9.15 Å². The van der Waals surface area contributed by atoms with E-state index in [-0.39, 0.29) is 5.91 Å². The fraction of sp³-hybridized carbons (Fsp3) is 0.300. The highest BCUT2D eigenvalue weighted by Crippen LogP contribution is 2.35. The fourth-order valence-electron chi connectivity index (χ4n) is 3.40. The third kappa shape index (κ3) is 2.38. The highest BCUT2D eigenvalue weighted by Gasteiger charge is 2.30. The van der Waals surface area contributed by atoms with E-state index in [0.717, 1.165) is 33.4 Å². The smallest absolute Gasteiger partial charge is 0.294 e. The van der Waals surface area contributed by atoms with E-state index in [0.29, 0.717) is 30.5 Å². The summed E-state index contributed by atoms with van der Waals surface area (Å²) >= 11 is 0. The second-order valence-electron chi connectivity index (χ2n) is 6.54. The molecule has 1 amide bonds. The highest BCUT2D eigenvalue weighted by molar-refractivity contribution is 6.09. The molecule has 1 aliphatic rings. The maximum atomic E-state index is 13.2. The van der Waals surface area contributed by atoms with Crippen LogP contribution in [0.4, 0.5) is 5.69 Å². The summed E-state index contributed by atoms with van der Waals surface area (Å²) in [7, 11) is 0. The van der Waals surface area contributed by atoms with E-state index in [9.17, 15) is 4.79 Å². The van der Waals surface area contributed by atoms with Gasteiger partial charge >= 0.3 is 0 Å². The van der Waals surface area contributed by atoms with Crippen LogP contribution in [0.5, 0.6) is 5.88 Å². The van der Waals surface area contributed by atoms with Crippen LogP contribution in [0, 0.1) is 27.7 Å². The van der Waals surface area contributed by atoms with Crippen LogP contribution in [0.3, 0.4) is 0 Å². The zero-order valence-corrected chi connectivity index (χ0v) is 14.8. The van der Waals surface area contributed by atoms with Gasteiger partial charge in [-0.25, -0.2) is 4.98 Å². The Morgan fingerprint density at radius 2 is 1.84 bits per heavy atom. The molecule has 5 nitrogen and oxygen atoms in total. The molecule has 0 atom stereocenters. The maximum Gasteiger partial charge on any atom is 0.294 e. The first-order chi connectivity index (χ1) is 12.0. The van der Waals surface area contributed by atoms with E-state index < -0.39 is 0 Å². The van der Waals surface area contributed by atoms with Crippen LogP contribution in [0.1, 0.15) is 32.9 Å². The van der Waals surface area contributed by atoms with Gasteiger partial charge in [-0.2, -0.15) is 0 Å². The number of nitrogens with zero attached hydrogens (tertiary/aromatic N) is 2. The van der Waals surface area contributed by atoms with Crippen LogP contribution >= 0.6 is 0 Å². The van der Waals surface area contributed by atoms with Crippen molar-refractivity contribution >= 4 is 22.6 Å². The van der Waals surface area contributed by atoms with Crippen molar-refractivity contribution in [3.63, 3.8) is 0 Å². The van der Waals surface area contributed by atoms with Crippen molar-refractivity contribution in [3.05, 3.63) is 52.4 Å². The van der Waals surface area contributed by atoms with Crippen LogP contribution in [0.15, 0.2) is 28.7 Å². The summed E-state index contributed by atoms with van der Waals surface area (Å²) < 4.78 is 11.6. The number of anilines is 1. The van der Waals surface area contributed by atoms with Gasteiger partial charge in [0.05, 0.1) is 6.54 Å². The summed E-state index contributed by atoms with van der Waals surface area (Å²) in [5.41, 5.74) is 5.36. The highest BCUT2D eigenvalue weighted by atomic mass is 16.5. The minimum atomic E-state index is -0.150. The Kier molecular flexibility index (Phi) is 3.53. The molecule has 0 unspecified atom stereocenters. The van der Waals surface area contributed by atoms with Crippen molar-refractivity contribution in [2.75, 3.05) is 18.1 Å². The Hall–Kier alpha value is -2.82. The molecule has 128 valence electrons. The van der Waals surface area contributed by atoms with E-state index in [1.54, 1.807) is 4.90 Å². The quantitative estimate of drug-likeness (QED) is 0.671. The number of fused-ring (bicyclic) bond motifs is 2. The molecule has 0 N–H and O–H groups in total. The lowest BCUT2D eigenvalue weighted by atomic mass is 10.0. The van der Waals surface area contributed by atoms with Gasteiger partial charge in [0.25, 0.3) is 5.91 Å². The summed E-state index contributed by atoms with van der Waals surface area (Å²) in [5, 5.41) is 1.03. The third-order valence-corrected chi connectivity index (χ3v) is 4.75. The van der Waals surface area contributed by atoms with Gasteiger partial charge in [-0.05, 0) is 51.0 Å². The Bertz CT molecular complexity index is 1000. The lowest BCUT2D eigenvalue weighted by Gasteiger charge is -2.28. The van der Waals surface area contributed by atoms with Crippen molar-refractivity contribution < 1.29 is 13.9 Å². The zero-order chi connectivity index (χ0) is 17.7. The topological polar surface area (TPSA) is 55.6 Å². The van der Waals surface area contributed by atoms with Crippen LogP contribution < -0.4 is 9.64 Å². The van der Waals surface area contributed by atoms with Gasteiger partial charge in [0.15, 0.2) is 5.76 Å². The average molecular weight is 336 g/mol. The molecule has 5 heteroatoms. The van der Waals surface area contributed by atoms with E-state index in [1.807, 2.05) is 45.9 Å². The predicted octanol–water partition coefficient (Wildman–Crippen LogP) is 4.10. The van der Waals surface area contributed by atoms with Crippen LogP contribution in [-0.4, -0.2) is 24.0 Å². The fourth-order valence-corrected chi connectivity index (χ4v) is 3.40. The number of hydrogen-bond donors (Lipinski definition) is 0. The number of ether oxygens (including phenoxy) is 1. The molecule has 1 aliphatic heterocycles. The number of aryl methyl sites for hydroxylation is 4. The van der Waals surface area contributed by atoms with E-state index in [4.69, 9.17) is 9.15 Å². The first-order valence-corrected chi connectivity index (χ1v) is 8.39. The molecular weight excluding hydrogens is 316 g/mol. The number of aromatic nitrogens is 1. The van der Waals surface area contributed by atoms with Crippen molar-refractivity contribution in [1.29, 1.82) is 0 Å². The molecule has 0 spiro atoms. The van der Waals surface area contributed by atoms with E-state index in [2.05, 4.69) is 11.1 Å². The molecule has 25 heavy (non-hydrogen) atoms. The van der Waals surface area contributed by atoms with Crippen molar-refractivity contribution in [2.45, 2.75) is 27.7 Å². The van der Waals surface area contributed by atoms with Gasteiger partial charge in [-0.1, -0.05) is 12.1 Å². The standard InChI is InChI=1S/C20H20N2O3/c1-11-5-6-12(2)17-16(11)14(4)18(25-17)20(23)22-9-10-24-19-15(22)8-7-13(3)21-19/h5-8H,9-10H2,1-4H3. The van der Waals surface area contributed by atoms with Crippen LogP contribution in [0.2, 0.25) is 0 Å². The molecule has 0 fully saturated rings. The first kappa shape index (κ1) is 15.7. The molecule has 3 heterocycles. The zero-order valence-electron chi connectivity index (χ0n) is 14.8. The SMILES string of the molecule is Cc1ccc2c(n1)OCCN2C(=O)c1oc2c(C)ccc(C)c2c1C. The monoisotopic (exact) mass is 336 g/mol. The normalized spacial score (nSPS) is 13.7. The van der Waals surface area contributed by atoms with Crippen molar-refractivity contribution in [3.8, 4) is 5.88 Å². The number of benzene rings is 1. The molecule has 0 radical (unpaired) electrons. The molecule has 0 bridgehead atoms. The summed E-state index contributed by atoms with van der Waals surface area (Å²) in [6.45, 7) is 8.78. The minimum Gasteiger partial charge on any atom is -0.474 e. The second kappa shape index (κ2) is 5.62. The molecular formula is C20H20N2O3. The largest absolute Gasteiger partial charge is 0.474 e. The number of amides is 1. The van der Waals surface area contributed by atoms with E-state index in [1.165, 1.54) is 0 Å². The van der Waals surface area contributed by atoms with Gasteiger partial charge in [0, 0.05) is 16.6 Å². The lowest BCUT2D eigenvalue weighted by molar-refractivity contribution is 0.0950.